The van der Waals surface area contributed by atoms with Gasteiger partial charge in [0, 0.05) is 23.2 Å². The number of aromatic amines is 1. The van der Waals surface area contributed by atoms with Crippen molar-refractivity contribution >= 4 is 32.4 Å². The summed E-state index contributed by atoms with van der Waals surface area (Å²) in [5, 5.41) is 14.6. The van der Waals surface area contributed by atoms with Crippen molar-refractivity contribution in [1.82, 2.24) is 15.3 Å². The second-order valence-electron chi connectivity index (χ2n) is 7.30. The number of thiazole rings is 1. The van der Waals surface area contributed by atoms with Gasteiger partial charge >= 0.3 is 0 Å². The number of carbonyl (C=O) groups excluding carboxylic acids is 1. The SMILES string of the molecule is CCCCCCCC(Cc1cc[nH]c(=O)c1O)NC(=O)c1csc(NS(=O)(=O)CC)n1. The van der Waals surface area contributed by atoms with Crippen LogP contribution in [0.5, 0.6) is 5.75 Å². The van der Waals surface area contributed by atoms with Crippen LogP contribution in [0, 0.1) is 0 Å². The second-order valence-corrected chi connectivity index (χ2v) is 10.2. The van der Waals surface area contributed by atoms with Crippen LogP contribution < -0.4 is 15.6 Å². The predicted molar refractivity (Wildman–Crippen MR) is 122 cm³/mol. The molecular formula is C20H30N4O5S2. The number of H-pyrrole nitrogens is 1. The van der Waals surface area contributed by atoms with Gasteiger partial charge in [0.1, 0.15) is 5.69 Å². The fraction of sp³-hybridized carbons (Fsp3) is 0.550. The molecule has 4 N–H and O–H groups in total. The van der Waals surface area contributed by atoms with Crippen molar-refractivity contribution in [3.63, 3.8) is 0 Å². The molecule has 1 amide bonds. The average Bonchev–Trinajstić information content (AvgIpc) is 3.19. The third-order valence-corrected chi connectivity index (χ3v) is 6.99. The highest BCUT2D eigenvalue weighted by molar-refractivity contribution is 7.92. The van der Waals surface area contributed by atoms with Crippen LogP contribution in [0.15, 0.2) is 22.4 Å². The first-order chi connectivity index (χ1) is 14.8. The van der Waals surface area contributed by atoms with Gasteiger partial charge in [-0.2, -0.15) is 0 Å². The highest BCUT2D eigenvalue weighted by Gasteiger charge is 2.20. The number of carbonyl (C=O) groups is 1. The van der Waals surface area contributed by atoms with Gasteiger partial charge in [-0.3, -0.25) is 14.3 Å². The number of aromatic hydroxyl groups is 1. The van der Waals surface area contributed by atoms with Crippen LogP contribution in [0.1, 0.15) is 68.4 Å². The molecule has 9 nitrogen and oxygen atoms in total. The van der Waals surface area contributed by atoms with Gasteiger partial charge in [-0.15, -0.1) is 11.3 Å². The second kappa shape index (κ2) is 11.8. The van der Waals surface area contributed by atoms with Crippen molar-refractivity contribution in [2.24, 2.45) is 0 Å². The number of hydrogen-bond donors (Lipinski definition) is 4. The monoisotopic (exact) mass is 470 g/mol. The number of anilines is 1. The van der Waals surface area contributed by atoms with Gasteiger partial charge < -0.3 is 15.4 Å². The lowest BCUT2D eigenvalue weighted by Gasteiger charge is -2.19. The van der Waals surface area contributed by atoms with E-state index in [1.54, 1.807) is 6.07 Å². The molecule has 0 saturated carbocycles. The maximum Gasteiger partial charge on any atom is 0.290 e. The fourth-order valence-electron chi connectivity index (χ4n) is 3.05. The van der Waals surface area contributed by atoms with Crippen LogP contribution in [0.3, 0.4) is 0 Å². The van der Waals surface area contributed by atoms with Gasteiger partial charge in [0.25, 0.3) is 11.5 Å². The van der Waals surface area contributed by atoms with Crippen molar-refractivity contribution in [3.05, 3.63) is 39.3 Å². The lowest BCUT2D eigenvalue weighted by molar-refractivity contribution is 0.0929. The summed E-state index contributed by atoms with van der Waals surface area (Å²) in [5.41, 5.74) is 0.0000657. The van der Waals surface area contributed by atoms with E-state index < -0.39 is 21.5 Å². The van der Waals surface area contributed by atoms with E-state index in [4.69, 9.17) is 0 Å². The van der Waals surface area contributed by atoms with E-state index in [9.17, 15) is 23.1 Å². The zero-order valence-electron chi connectivity index (χ0n) is 17.8. The van der Waals surface area contributed by atoms with Crippen LogP contribution in [-0.4, -0.2) is 41.2 Å². The highest BCUT2D eigenvalue weighted by Crippen LogP contribution is 2.19. The third-order valence-electron chi connectivity index (χ3n) is 4.84. The Hall–Kier alpha value is -2.40. The van der Waals surface area contributed by atoms with Gasteiger partial charge in [-0.05, 0) is 25.8 Å². The van der Waals surface area contributed by atoms with Crippen molar-refractivity contribution in [2.45, 2.75) is 64.8 Å². The minimum Gasteiger partial charge on any atom is -0.503 e. The lowest BCUT2D eigenvalue weighted by atomic mass is 9.99. The number of rotatable bonds is 13. The van der Waals surface area contributed by atoms with Crippen molar-refractivity contribution < 1.29 is 18.3 Å². The maximum atomic E-state index is 12.7. The molecule has 0 saturated heterocycles. The third kappa shape index (κ3) is 7.98. The summed E-state index contributed by atoms with van der Waals surface area (Å²) in [5.74, 6) is -0.868. The molecule has 172 valence electrons. The van der Waals surface area contributed by atoms with E-state index in [0.717, 1.165) is 43.4 Å². The summed E-state index contributed by atoms with van der Waals surface area (Å²) in [6, 6.07) is 1.31. The summed E-state index contributed by atoms with van der Waals surface area (Å²) in [4.78, 5) is 30.9. The Labute approximate surface area is 186 Å². The van der Waals surface area contributed by atoms with Crippen molar-refractivity contribution in [1.29, 1.82) is 0 Å². The number of amides is 1. The number of pyridine rings is 1. The summed E-state index contributed by atoms with van der Waals surface area (Å²) in [6.45, 7) is 3.65. The molecule has 1 unspecified atom stereocenters. The van der Waals surface area contributed by atoms with Crippen LogP contribution in [-0.2, 0) is 16.4 Å². The first-order valence-electron chi connectivity index (χ1n) is 10.4. The predicted octanol–water partition coefficient (Wildman–Crippen LogP) is 3.00. The number of aromatic nitrogens is 2. The van der Waals surface area contributed by atoms with E-state index in [1.807, 2.05) is 0 Å². The quantitative estimate of drug-likeness (QED) is 0.332. The number of hydrogen-bond acceptors (Lipinski definition) is 7. The highest BCUT2D eigenvalue weighted by atomic mass is 32.2. The van der Waals surface area contributed by atoms with Crippen LogP contribution in [0.2, 0.25) is 0 Å². The van der Waals surface area contributed by atoms with Gasteiger partial charge in [-0.1, -0.05) is 39.0 Å². The fourth-order valence-corrected chi connectivity index (χ4v) is 4.61. The van der Waals surface area contributed by atoms with Crippen molar-refractivity contribution in [2.75, 3.05) is 10.5 Å². The average molecular weight is 471 g/mol. The maximum absolute atomic E-state index is 12.7. The molecule has 0 aromatic carbocycles. The van der Waals surface area contributed by atoms with Crippen LogP contribution in [0.25, 0.3) is 0 Å². The molecule has 11 heteroatoms. The Morgan fingerprint density at radius 2 is 2.00 bits per heavy atom. The molecular weight excluding hydrogens is 440 g/mol. The standard InChI is InChI=1S/C20H30N4O5S2/c1-3-5-6-7-8-9-15(12-14-10-11-21-19(27)17(14)25)22-18(26)16-13-30-20(23-16)24-31(28,29)4-2/h10-11,13,15,25H,3-9,12H2,1-2H3,(H,21,27)(H,22,26)(H,23,24). The molecule has 2 aromatic rings. The van der Waals surface area contributed by atoms with Gasteiger partial charge in [0.15, 0.2) is 10.9 Å². The van der Waals surface area contributed by atoms with Crippen LogP contribution >= 0.6 is 11.3 Å². The van der Waals surface area contributed by atoms with E-state index in [1.165, 1.54) is 18.5 Å². The van der Waals surface area contributed by atoms with Crippen molar-refractivity contribution in [3.8, 4) is 5.75 Å². The minimum atomic E-state index is -3.47. The van der Waals surface area contributed by atoms with E-state index in [0.29, 0.717) is 18.4 Å². The molecule has 31 heavy (non-hydrogen) atoms. The number of sulfonamides is 1. The normalized spacial score (nSPS) is 12.5. The molecule has 1 atom stereocenters. The first-order valence-corrected chi connectivity index (χ1v) is 12.9. The Kier molecular flexibility index (Phi) is 9.50. The summed E-state index contributed by atoms with van der Waals surface area (Å²) in [7, 11) is -3.47. The lowest BCUT2D eigenvalue weighted by Crippen LogP contribution is -2.37. The van der Waals surface area contributed by atoms with E-state index >= 15 is 0 Å². The Morgan fingerprint density at radius 3 is 2.71 bits per heavy atom. The largest absolute Gasteiger partial charge is 0.503 e. The molecule has 2 heterocycles. The molecule has 0 aliphatic heterocycles. The zero-order chi connectivity index (χ0) is 22.9. The molecule has 0 bridgehead atoms. The Balaban J connectivity index is 2.08. The molecule has 0 aliphatic rings. The van der Waals surface area contributed by atoms with E-state index in [2.05, 4.69) is 26.9 Å². The minimum absolute atomic E-state index is 0.0894. The molecule has 0 spiro atoms. The topological polar surface area (TPSA) is 141 Å². The Morgan fingerprint density at radius 1 is 1.26 bits per heavy atom. The summed E-state index contributed by atoms with van der Waals surface area (Å²) < 4.78 is 25.7. The first kappa shape index (κ1) is 24.9. The Bertz CT molecular complexity index is 1020. The van der Waals surface area contributed by atoms with Crippen LogP contribution in [0.4, 0.5) is 5.13 Å². The van der Waals surface area contributed by atoms with E-state index in [-0.39, 0.29) is 28.4 Å². The summed E-state index contributed by atoms with van der Waals surface area (Å²) in [6.07, 6.45) is 7.77. The molecule has 0 aliphatic carbocycles. The van der Waals surface area contributed by atoms with Gasteiger partial charge in [-0.25, -0.2) is 13.4 Å². The smallest absolute Gasteiger partial charge is 0.290 e. The molecule has 2 aromatic heterocycles. The number of nitrogens with zero attached hydrogens (tertiary/aromatic N) is 1. The molecule has 2 rings (SSSR count). The molecule has 0 fully saturated rings. The van der Waals surface area contributed by atoms with Gasteiger partial charge in [0.05, 0.1) is 5.75 Å². The summed E-state index contributed by atoms with van der Waals surface area (Å²) >= 11 is 1.03. The van der Waals surface area contributed by atoms with Gasteiger partial charge in [0.2, 0.25) is 10.0 Å². The molecule has 0 radical (unpaired) electrons. The number of nitrogens with one attached hydrogen (secondary N) is 3. The number of unbranched alkanes of at least 4 members (excludes halogenated alkanes) is 4. The zero-order valence-corrected chi connectivity index (χ0v) is 19.4.